The van der Waals surface area contributed by atoms with Crippen LogP contribution in [0.4, 0.5) is 10.5 Å². The second-order valence-corrected chi connectivity index (χ2v) is 9.13. The van der Waals surface area contributed by atoms with Crippen molar-refractivity contribution in [1.82, 2.24) is 5.32 Å². The molecule has 1 aliphatic heterocycles. The summed E-state index contributed by atoms with van der Waals surface area (Å²) < 4.78 is 6.50. The Bertz CT molecular complexity index is 1350. The molecule has 1 fully saturated rings. The molecule has 1 aliphatic rings. The van der Waals surface area contributed by atoms with Crippen LogP contribution in [-0.2, 0) is 16.2 Å². The van der Waals surface area contributed by atoms with Crippen LogP contribution in [0.25, 0.3) is 6.08 Å². The van der Waals surface area contributed by atoms with E-state index < -0.39 is 17.8 Å². The number of ether oxygens (including phenoxy) is 1. The normalized spacial score (nSPS) is 15.0. The average Bonchev–Trinajstić information content (AvgIpc) is 2.78. The quantitative estimate of drug-likeness (QED) is 0.320. The van der Waals surface area contributed by atoms with Crippen LogP contribution in [-0.4, -0.2) is 17.8 Å². The molecule has 1 saturated heterocycles. The van der Waals surface area contributed by atoms with Crippen LogP contribution in [0.5, 0.6) is 5.75 Å². The van der Waals surface area contributed by atoms with Crippen LogP contribution in [0, 0.1) is 13.8 Å². The highest BCUT2D eigenvalue weighted by Crippen LogP contribution is 2.29. The topological polar surface area (TPSA) is 75.7 Å². The number of benzene rings is 3. The molecule has 6 nitrogen and oxygen atoms in total. The number of nitrogens with zero attached hydrogens (tertiary/aromatic N) is 1. The summed E-state index contributed by atoms with van der Waals surface area (Å²) in [4.78, 5) is 39.0. The molecule has 0 saturated carbocycles. The fourth-order valence-electron chi connectivity index (χ4n) is 3.44. The molecule has 3 aromatic carbocycles. The Balaban J connectivity index is 1.57. The molecule has 34 heavy (non-hydrogen) atoms. The van der Waals surface area contributed by atoms with Crippen molar-refractivity contribution >= 4 is 57.1 Å². The molecule has 1 N–H and O–H groups in total. The first-order valence-electron chi connectivity index (χ1n) is 10.4. The van der Waals surface area contributed by atoms with E-state index in [0.29, 0.717) is 33.1 Å². The lowest BCUT2D eigenvalue weighted by molar-refractivity contribution is -0.122. The smallest absolute Gasteiger partial charge is 0.335 e. The van der Waals surface area contributed by atoms with Crippen LogP contribution in [0.3, 0.4) is 0 Å². The third-order valence-electron chi connectivity index (χ3n) is 5.40. The second-order valence-electron chi connectivity index (χ2n) is 7.83. The van der Waals surface area contributed by atoms with Crippen molar-refractivity contribution < 1.29 is 19.1 Å². The number of anilines is 1. The van der Waals surface area contributed by atoms with Crippen LogP contribution in [0.2, 0.25) is 5.02 Å². The highest BCUT2D eigenvalue weighted by molar-refractivity contribution is 9.10. The lowest BCUT2D eigenvalue weighted by Gasteiger charge is -2.26. The summed E-state index contributed by atoms with van der Waals surface area (Å²) in [6.07, 6.45) is 1.45. The van der Waals surface area contributed by atoms with Crippen LogP contribution in [0.15, 0.2) is 70.7 Å². The van der Waals surface area contributed by atoms with Gasteiger partial charge in [0.1, 0.15) is 17.9 Å². The van der Waals surface area contributed by atoms with Gasteiger partial charge in [-0.15, -0.1) is 0 Å². The Labute approximate surface area is 210 Å². The van der Waals surface area contributed by atoms with E-state index in [-0.39, 0.29) is 5.57 Å². The molecule has 4 rings (SSSR count). The van der Waals surface area contributed by atoms with E-state index in [9.17, 15) is 14.4 Å². The SMILES string of the molecule is Cc1ccc(N2C(=O)NC(=O)/C(=C\c3ccc(OCc4cccc(Cl)c4)c(Br)c3)C2=O)cc1C. The number of halogens is 2. The Morgan fingerprint density at radius 1 is 1.00 bits per heavy atom. The number of imide groups is 2. The van der Waals surface area contributed by atoms with E-state index in [4.69, 9.17) is 16.3 Å². The lowest BCUT2D eigenvalue weighted by atomic mass is 10.1. The zero-order valence-electron chi connectivity index (χ0n) is 18.4. The number of hydrogen-bond acceptors (Lipinski definition) is 4. The number of hydrogen-bond donors (Lipinski definition) is 1. The van der Waals surface area contributed by atoms with Gasteiger partial charge in [-0.3, -0.25) is 14.9 Å². The van der Waals surface area contributed by atoms with E-state index in [1.54, 1.807) is 36.4 Å². The summed E-state index contributed by atoms with van der Waals surface area (Å²) in [7, 11) is 0. The van der Waals surface area contributed by atoms with E-state index in [0.717, 1.165) is 21.6 Å². The summed E-state index contributed by atoms with van der Waals surface area (Å²) in [5.74, 6) is -0.838. The average molecular weight is 540 g/mol. The molecule has 0 aromatic heterocycles. The molecule has 3 aromatic rings. The van der Waals surface area contributed by atoms with Gasteiger partial charge in [0.05, 0.1) is 10.2 Å². The molecule has 172 valence electrons. The van der Waals surface area contributed by atoms with Crippen molar-refractivity contribution in [3.63, 3.8) is 0 Å². The molecular weight excluding hydrogens is 520 g/mol. The van der Waals surface area contributed by atoms with Crippen molar-refractivity contribution in [3.05, 3.63) is 98.0 Å². The molecule has 0 radical (unpaired) electrons. The van der Waals surface area contributed by atoms with E-state index in [2.05, 4.69) is 21.2 Å². The molecule has 0 bridgehead atoms. The molecule has 0 spiro atoms. The van der Waals surface area contributed by atoms with Crippen molar-refractivity contribution in [3.8, 4) is 5.75 Å². The van der Waals surface area contributed by atoms with Gasteiger partial charge >= 0.3 is 6.03 Å². The minimum Gasteiger partial charge on any atom is -0.488 e. The second kappa shape index (κ2) is 9.83. The molecular formula is C26H20BrClN2O4. The van der Waals surface area contributed by atoms with Gasteiger partial charge in [-0.2, -0.15) is 0 Å². The van der Waals surface area contributed by atoms with Crippen molar-refractivity contribution in [2.75, 3.05) is 4.90 Å². The molecule has 0 atom stereocenters. The molecule has 0 unspecified atom stereocenters. The molecule has 8 heteroatoms. The predicted octanol–water partition coefficient (Wildman–Crippen LogP) is 5.96. The molecule has 4 amide bonds. The maximum Gasteiger partial charge on any atom is 0.335 e. The number of nitrogens with one attached hydrogen (secondary N) is 1. The number of urea groups is 1. The summed E-state index contributed by atoms with van der Waals surface area (Å²) in [5, 5.41) is 2.87. The van der Waals surface area contributed by atoms with Gasteiger partial charge in [0.25, 0.3) is 11.8 Å². The Morgan fingerprint density at radius 2 is 1.79 bits per heavy atom. The van der Waals surface area contributed by atoms with Crippen molar-refractivity contribution in [2.24, 2.45) is 0 Å². The molecule has 1 heterocycles. The number of carbonyl (C=O) groups excluding carboxylic acids is 3. The van der Waals surface area contributed by atoms with E-state index >= 15 is 0 Å². The predicted molar refractivity (Wildman–Crippen MR) is 135 cm³/mol. The first kappa shape index (κ1) is 23.7. The number of barbiturate groups is 1. The van der Waals surface area contributed by atoms with Gasteiger partial charge in [-0.05, 0) is 94.5 Å². The number of amides is 4. The standard InChI is InChI=1S/C26H20BrClN2O4/c1-15-6-8-20(10-16(15)2)30-25(32)21(24(31)29-26(30)33)12-17-7-9-23(22(27)13-17)34-14-18-4-3-5-19(28)11-18/h3-13H,14H2,1-2H3,(H,29,31,33)/b21-12+. The Morgan fingerprint density at radius 3 is 2.50 bits per heavy atom. The molecule has 0 aliphatic carbocycles. The number of aryl methyl sites for hydroxylation is 2. The van der Waals surface area contributed by atoms with Gasteiger partial charge in [-0.25, -0.2) is 9.69 Å². The largest absolute Gasteiger partial charge is 0.488 e. The highest BCUT2D eigenvalue weighted by atomic mass is 79.9. The Hall–Kier alpha value is -3.42. The fraction of sp³-hybridized carbons (Fsp3) is 0.115. The fourth-order valence-corrected chi connectivity index (χ4v) is 4.16. The first-order valence-corrected chi connectivity index (χ1v) is 11.6. The number of rotatable bonds is 5. The Kier molecular flexibility index (Phi) is 6.86. The zero-order chi connectivity index (χ0) is 24.4. The van der Waals surface area contributed by atoms with Crippen molar-refractivity contribution in [2.45, 2.75) is 20.5 Å². The maximum absolute atomic E-state index is 13.1. The first-order chi connectivity index (χ1) is 16.2. The van der Waals surface area contributed by atoms with Crippen LogP contribution >= 0.6 is 27.5 Å². The third kappa shape index (κ3) is 5.05. The van der Waals surface area contributed by atoms with Gasteiger partial charge < -0.3 is 4.74 Å². The van der Waals surface area contributed by atoms with Gasteiger partial charge in [0, 0.05) is 5.02 Å². The van der Waals surface area contributed by atoms with Gasteiger partial charge in [0.2, 0.25) is 0 Å². The summed E-state index contributed by atoms with van der Waals surface area (Å²) >= 11 is 9.48. The lowest BCUT2D eigenvalue weighted by Crippen LogP contribution is -2.54. The van der Waals surface area contributed by atoms with Crippen LogP contribution < -0.4 is 15.0 Å². The van der Waals surface area contributed by atoms with Crippen molar-refractivity contribution in [1.29, 1.82) is 0 Å². The minimum absolute atomic E-state index is 0.141. The highest BCUT2D eigenvalue weighted by Gasteiger charge is 2.36. The summed E-state index contributed by atoms with van der Waals surface area (Å²) in [6.45, 7) is 4.15. The number of carbonyl (C=O) groups is 3. The third-order valence-corrected chi connectivity index (χ3v) is 6.26. The minimum atomic E-state index is -0.777. The summed E-state index contributed by atoms with van der Waals surface area (Å²) in [5.41, 5.74) is 3.73. The van der Waals surface area contributed by atoms with E-state index in [1.165, 1.54) is 6.08 Å². The van der Waals surface area contributed by atoms with Gasteiger partial charge in [-0.1, -0.05) is 35.9 Å². The van der Waals surface area contributed by atoms with Gasteiger partial charge in [0.15, 0.2) is 0 Å². The monoisotopic (exact) mass is 538 g/mol. The maximum atomic E-state index is 13.1. The zero-order valence-corrected chi connectivity index (χ0v) is 20.7. The van der Waals surface area contributed by atoms with Crippen LogP contribution in [0.1, 0.15) is 22.3 Å². The summed E-state index contributed by atoms with van der Waals surface area (Å²) in [6, 6.07) is 17.0. The van der Waals surface area contributed by atoms with E-state index in [1.807, 2.05) is 38.1 Å².